The van der Waals surface area contributed by atoms with E-state index in [0.29, 0.717) is 37.4 Å². The fourth-order valence-electron chi connectivity index (χ4n) is 2.79. The van der Waals surface area contributed by atoms with E-state index in [1.165, 1.54) is 0 Å². The molecule has 1 aliphatic rings. The van der Waals surface area contributed by atoms with Gasteiger partial charge in [-0.05, 0) is 37.0 Å². The summed E-state index contributed by atoms with van der Waals surface area (Å²) < 4.78 is 27.0. The topological polar surface area (TPSA) is 66.5 Å². The average molecular weight is 350 g/mol. The maximum absolute atomic E-state index is 12.7. The number of hydrogen-bond donors (Lipinski definition) is 1. The van der Waals surface area contributed by atoms with Crippen LogP contribution < -0.4 is 5.32 Å². The van der Waals surface area contributed by atoms with Gasteiger partial charge >= 0.3 is 0 Å². The second-order valence-electron chi connectivity index (χ2n) is 6.06. The molecule has 0 spiro atoms. The Morgan fingerprint density at radius 2 is 1.75 bits per heavy atom. The molecule has 24 heavy (non-hydrogen) atoms. The summed E-state index contributed by atoms with van der Waals surface area (Å²) in [5, 5.41) is 2.73. The van der Waals surface area contributed by atoms with Gasteiger partial charge in [0.1, 0.15) is 0 Å². The minimum absolute atomic E-state index is 0.0313. The van der Waals surface area contributed by atoms with Gasteiger partial charge in [-0.2, -0.15) is 4.31 Å². The zero-order valence-electron chi connectivity index (χ0n) is 14.0. The number of sulfonamides is 1. The smallest absolute Gasteiger partial charge is 0.243 e. The molecule has 1 aromatic carbocycles. The molecule has 1 amide bonds. The Labute approximate surface area is 144 Å². The molecule has 1 fully saturated rings. The van der Waals surface area contributed by atoms with Gasteiger partial charge in [0, 0.05) is 26.1 Å². The number of amides is 1. The molecule has 1 N–H and O–H groups in total. The van der Waals surface area contributed by atoms with E-state index in [-0.39, 0.29) is 5.91 Å². The molecule has 0 bridgehead atoms. The molecular formula is C18H26N2O3S. The van der Waals surface area contributed by atoms with E-state index >= 15 is 0 Å². The van der Waals surface area contributed by atoms with E-state index < -0.39 is 10.0 Å². The van der Waals surface area contributed by atoms with Crippen LogP contribution in [0.3, 0.4) is 0 Å². The van der Waals surface area contributed by atoms with Crippen molar-refractivity contribution < 1.29 is 13.2 Å². The van der Waals surface area contributed by atoms with Gasteiger partial charge < -0.3 is 5.32 Å². The van der Waals surface area contributed by atoms with Crippen molar-refractivity contribution in [3.05, 3.63) is 42.5 Å². The normalized spacial score (nSPS) is 16.3. The second-order valence-corrected chi connectivity index (χ2v) is 7.99. The van der Waals surface area contributed by atoms with Crippen molar-refractivity contribution in [1.29, 1.82) is 0 Å². The predicted molar refractivity (Wildman–Crippen MR) is 95.2 cm³/mol. The minimum Gasteiger partial charge on any atom is -0.353 e. The lowest BCUT2D eigenvalue weighted by Crippen LogP contribution is -2.31. The number of rotatable bonds is 7. The molecule has 1 aromatic rings. The van der Waals surface area contributed by atoms with Gasteiger partial charge in [-0.1, -0.05) is 31.1 Å². The maximum Gasteiger partial charge on any atom is 0.243 e. The molecule has 0 aromatic heterocycles. The highest BCUT2D eigenvalue weighted by molar-refractivity contribution is 7.89. The summed E-state index contributed by atoms with van der Waals surface area (Å²) in [4.78, 5) is 11.9. The van der Waals surface area contributed by atoms with Gasteiger partial charge in [-0.15, -0.1) is 6.58 Å². The van der Waals surface area contributed by atoms with Crippen molar-refractivity contribution in [2.24, 2.45) is 0 Å². The van der Waals surface area contributed by atoms with Gasteiger partial charge in [-0.3, -0.25) is 4.79 Å². The summed E-state index contributed by atoms with van der Waals surface area (Å²) in [6.07, 6.45) is 6.66. The first-order chi connectivity index (χ1) is 11.5. The molecule has 0 saturated carbocycles. The molecule has 1 heterocycles. The SMILES string of the molecule is C=CCNC(=O)CCc1ccc(S(=O)(=O)N2CCCCCC2)cc1. The Hall–Kier alpha value is -1.66. The summed E-state index contributed by atoms with van der Waals surface area (Å²) in [7, 11) is -3.40. The van der Waals surface area contributed by atoms with Crippen LogP contribution in [0, 0.1) is 0 Å². The highest BCUT2D eigenvalue weighted by atomic mass is 32.2. The molecule has 0 atom stereocenters. The third-order valence-corrected chi connectivity index (χ3v) is 6.12. The fourth-order valence-corrected chi connectivity index (χ4v) is 4.31. The van der Waals surface area contributed by atoms with Crippen molar-refractivity contribution in [3.8, 4) is 0 Å². The van der Waals surface area contributed by atoms with Crippen LogP contribution in [0.4, 0.5) is 0 Å². The van der Waals surface area contributed by atoms with Gasteiger partial charge in [0.05, 0.1) is 4.90 Å². The first-order valence-electron chi connectivity index (χ1n) is 8.51. The molecule has 6 heteroatoms. The van der Waals surface area contributed by atoms with Gasteiger partial charge in [-0.25, -0.2) is 8.42 Å². The van der Waals surface area contributed by atoms with Crippen molar-refractivity contribution in [3.63, 3.8) is 0 Å². The Kier molecular flexibility index (Phi) is 6.99. The standard InChI is InChI=1S/C18H26N2O3S/c1-2-13-19-18(21)12-9-16-7-10-17(11-8-16)24(22,23)20-14-5-3-4-6-15-20/h2,7-8,10-11H,1,3-6,9,12-15H2,(H,19,21). The molecule has 0 aliphatic carbocycles. The quantitative estimate of drug-likeness (QED) is 0.768. The average Bonchev–Trinajstić information content (AvgIpc) is 2.88. The number of benzene rings is 1. The third-order valence-electron chi connectivity index (χ3n) is 4.21. The van der Waals surface area contributed by atoms with E-state index in [1.54, 1.807) is 34.6 Å². The van der Waals surface area contributed by atoms with Gasteiger partial charge in [0.2, 0.25) is 15.9 Å². The number of carbonyl (C=O) groups excluding carboxylic acids is 1. The van der Waals surface area contributed by atoms with Crippen LogP contribution >= 0.6 is 0 Å². The number of aryl methyl sites for hydroxylation is 1. The van der Waals surface area contributed by atoms with E-state index in [2.05, 4.69) is 11.9 Å². The van der Waals surface area contributed by atoms with E-state index in [9.17, 15) is 13.2 Å². The third kappa shape index (κ3) is 5.18. The van der Waals surface area contributed by atoms with E-state index in [0.717, 1.165) is 31.2 Å². The van der Waals surface area contributed by atoms with Crippen LogP contribution in [0.5, 0.6) is 0 Å². The highest BCUT2D eigenvalue weighted by Gasteiger charge is 2.24. The molecule has 0 unspecified atom stereocenters. The first-order valence-corrected chi connectivity index (χ1v) is 9.95. The Balaban J connectivity index is 1.97. The first kappa shape index (κ1) is 18.7. The van der Waals surface area contributed by atoms with Crippen LogP contribution in [0.1, 0.15) is 37.7 Å². The van der Waals surface area contributed by atoms with Crippen molar-refractivity contribution in [2.45, 2.75) is 43.4 Å². The van der Waals surface area contributed by atoms with Crippen LogP contribution in [-0.2, 0) is 21.2 Å². The molecule has 1 saturated heterocycles. The Morgan fingerprint density at radius 1 is 1.12 bits per heavy atom. The van der Waals surface area contributed by atoms with Crippen LogP contribution in [0.15, 0.2) is 41.8 Å². The second kappa shape index (κ2) is 8.99. The van der Waals surface area contributed by atoms with Crippen LogP contribution in [0.2, 0.25) is 0 Å². The minimum atomic E-state index is -3.40. The number of nitrogens with one attached hydrogen (secondary N) is 1. The number of nitrogens with zero attached hydrogens (tertiary/aromatic N) is 1. The molecule has 1 aliphatic heterocycles. The van der Waals surface area contributed by atoms with E-state index in [1.807, 2.05) is 0 Å². The number of carbonyl (C=O) groups is 1. The zero-order valence-corrected chi connectivity index (χ0v) is 14.9. The Bertz CT molecular complexity index is 645. The molecule has 2 rings (SSSR count). The summed E-state index contributed by atoms with van der Waals surface area (Å²) in [5.74, 6) is -0.0313. The summed E-state index contributed by atoms with van der Waals surface area (Å²) >= 11 is 0. The fraction of sp³-hybridized carbons (Fsp3) is 0.500. The lowest BCUT2D eigenvalue weighted by molar-refractivity contribution is -0.120. The molecule has 5 nitrogen and oxygen atoms in total. The maximum atomic E-state index is 12.7. The van der Waals surface area contributed by atoms with Crippen molar-refractivity contribution in [2.75, 3.05) is 19.6 Å². The van der Waals surface area contributed by atoms with Crippen molar-refractivity contribution in [1.82, 2.24) is 9.62 Å². The lowest BCUT2D eigenvalue weighted by atomic mass is 10.1. The van der Waals surface area contributed by atoms with Crippen LogP contribution in [-0.4, -0.2) is 38.3 Å². The van der Waals surface area contributed by atoms with E-state index in [4.69, 9.17) is 0 Å². The summed E-state index contributed by atoms with van der Waals surface area (Å²) in [5.41, 5.74) is 0.957. The highest BCUT2D eigenvalue weighted by Crippen LogP contribution is 2.20. The monoisotopic (exact) mass is 350 g/mol. The zero-order chi connectivity index (χ0) is 17.4. The number of hydrogen-bond acceptors (Lipinski definition) is 3. The van der Waals surface area contributed by atoms with Gasteiger partial charge in [0.15, 0.2) is 0 Å². The van der Waals surface area contributed by atoms with Gasteiger partial charge in [0.25, 0.3) is 0 Å². The lowest BCUT2D eigenvalue weighted by Gasteiger charge is -2.20. The predicted octanol–water partition coefficient (Wildman–Crippen LogP) is 2.49. The summed E-state index contributed by atoms with van der Waals surface area (Å²) in [6, 6.07) is 6.89. The summed E-state index contributed by atoms with van der Waals surface area (Å²) in [6.45, 7) is 5.23. The molecular weight excluding hydrogens is 324 g/mol. The molecule has 0 radical (unpaired) electrons. The largest absolute Gasteiger partial charge is 0.353 e. The Morgan fingerprint density at radius 3 is 2.33 bits per heavy atom. The van der Waals surface area contributed by atoms with Crippen molar-refractivity contribution >= 4 is 15.9 Å². The van der Waals surface area contributed by atoms with Crippen LogP contribution in [0.25, 0.3) is 0 Å². The molecule has 132 valence electrons.